The van der Waals surface area contributed by atoms with Gasteiger partial charge in [0.15, 0.2) is 0 Å². The first kappa shape index (κ1) is 17.5. The summed E-state index contributed by atoms with van der Waals surface area (Å²) in [5.41, 5.74) is 1.50. The SMILES string of the molecule is O=C(O[C@@H](C(=O)NC1CC1)c1ccccc1)c1cc(Cl)nc2ccccc12. The van der Waals surface area contributed by atoms with Crippen molar-refractivity contribution in [2.75, 3.05) is 0 Å². The van der Waals surface area contributed by atoms with Crippen LogP contribution in [0.5, 0.6) is 0 Å². The number of nitrogens with one attached hydrogen (secondary N) is 1. The number of ether oxygens (including phenoxy) is 1. The fourth-order valence-corrected chi connectivity index (χ4v) is 3.09. The molecule has 1 amide bonds. The van der Waals surface area contributed by atoms with E-state index in [1.165, 1.54) is 6.07 Å². The largest absolute Gasteiger partial charge is 0.444 e. The van der Waals surface area contributed by atoms with E-state index in [0.717, 1.165) is 12.8 Å². The van der Waals surface area contributed by atoms with E-state index in [1.54, 1.807) is 36.4 Å². The summed E-state index contributed by atoms with van der Waals surface area (Å²) in [5.74, 6) is -0.934. The van der Waals surface area contributed by atoms with Crippen LogP contribution in [-0.4, -0.2) is 22.9 Å². The number of pyridine rings is 1. The maximum Gasteiger partial charge on any atom is 0.340 e. The van der Waals surface area contributed by atoms with Crippen molar-refractivity contribution in [3.8, 4) is 0 Å². The summed E-state index contributed by atoms with van der Waals surface area (Å²) in [6.45, 7) is 0. The molecule has 136 valence electrons. The van der Waals surface area contributed by atoms with Crippen molar-refractivity contribution in [2.45, 2.75) is 25.0 Å². The Bertz CT molecular complexity index is 1000. The predicted molar refractivity (Wildman–Crippen MR) is 103 cm³/mol. The Morgan fingerprint density at radius 2 is 1.78 bits per heavy atom. The molecular formula is C21H17ClN2O3. The van der Waals surface area contributed by atoms with E-state index in [4.69, 9.17) is 16.3 Å². The molecule has 0 aliphatic heterocycles. The number of carbonyl (C=O) groups excluding carboxylic acids is 2. The maximum absolute atomic E-state index is 12.9. The summed E-state index contributed by atoms with van der Waals surface area (Å²) in [7, 11) is 0. The van der Waals surface area contributed by atoms with Crippen LogP contribution in [0, 0.1) is 0 Å². The third-order valence-electron chi connectivity index (χ3n) is 4.39. The minimum atomic E-state index is -1.02. The molecule has 4 rings (SSSR count). The van der Waals surface area contributed by atoms with Crippen LogP contribution >= 0.6 is 11.6 Å². The molecule has 5 nitrogen and oxygen atoms in total. The van der Waals surface area contributed by atoms with Crippen molar-refractivity contribution in [3.63, 3.8) is 0 Å². The summed E-state index contributed by atoms with van der Waals surface area (Å²) < 4.78 is 5.64. The van der Waals surface area contributed by atoms with Crippen LogP contribution in [0.4, 0.5) is 0 Å². The maximum atomic E-state index is 12.9. The third-order valence-corrected chi connectivity index (χ3v) is 4.59. The van der Waals surface area contributed by atoms with E-state index in [2.05, 4.69) is 10.3 Å². The number of fused-ring (bicyclic) bond motifs is 1. The molecule has 0 unspecified atom stereocenters. The van der Waals surface area contributed by atoms with E-state index in [9.17, 15) is 9.59 Å². The molecule has 0 bridgehead atoms. The molecule has 27 heavy (non-hydrogen) atoms. The van der Waals surface area contributed by atoms with Crippen LogP contribution in [-0.2, 0) is 9.53 Å². The number of hydrogen-bond acceptors (Lipinski definition) is 4. The third kappa shape index (κ3) is 3.93. The molecule has 3 aromatic rings. The molecule has 1 atom stereocenters. The number of carbonyl (C=O) groups is 2. The molecule has 1 heterocycles. The van der Waals surface area contributed by atoms with Gasteiger partial charge in [-0.2, -0.15) is 0 Å². The number of para-hydroxylation sites is 1. The molecule has 1 aliphatic carbocycles. The summed E-state index contributed by atoms with van der Waals surface area (Å²) in [4.78, 5) is 29.8. The van der Waals surface area contributed by atoms with Gasteiger partial charge in [-0.05, 0) is 25.0 Å². The lowest BCUT2D eigenvalue weighted by atomic mass is 10.1. The average Bonchev–Trinajstić information content (AvgIpc) is 3.49. The van der Waals surface area contributed by atoms with Gasteiger partial charge < -0.3 is 10.1 Å². The highest BCUT2D eigenvalue weighted by Crippen LogP contribution is 2.26. The summed E-state index contributed by atoms with van der Waals surface area (Å²) in [6.07, 6.45) is 0.877. The highest BCUT2D eigenvalue weighted by molar-refractivity contribution is 6.30. The minimum absolute atomic E-state index is 0.165. The van der Waals surface area contributed by atoms with Crippen molar-refractivity contribution < 1.29 is 14.3 Å². The van der Waals surface area contributed by atoms with Crippen molar-refractivity contribution in [3.05, 3.63) is 76.9 Å². The number of hydrogen-bond donors (Lipinski definition) is 1. The number of benzene rings is 2. The summed E-state index contributed by atoms with van der Waals surface area (Å²) in [6, 6.07) is 17.8. The number of amides is 1. The van der Waals surface area contributed by atoms with Crippen LogP contribution in [0.25, 0.3) is 10.9 Å². The van der Waals surface area contributed by atoms with Crippen molar-refractivity contribution in [1.29, 1.82) is 0 Å². The van der Waals surface area contributed by atoms with E-state index >= 15 is 0 Å². The van der Waals surface area contributed by atoms with Crippen LogP contribution in [0.3, 0.4) is 0 Å². The molecule has 6 heteroatoms. The van der Waals surface area contributed by atoms with Gasteiger partial charge in [0.2, 0.25) is 6.10 Å². The Morgan fingerprint density at radius 1 is 1.07 bits per heavy atom. The summed E-state index contributed by atoms with van der Waals surface area (Å²) in [5, 5.41) is 3.72. The molecular weight excluding hydrogens is 364 g/mol. The lowest BCUT2D eigenvalue weighted by molar-refractivity contribution is -0.130. The van der Waals surface area contributed by atoms with Gasteiger partial charge in [-0.15, -0.1) is 0 Å². The molecule has 1 saturated carbocycles. The topological polar surface area (TPSA) is 68.3 Å². The van der Waals surface area contributed by atoms with Crippen LogP contribution < -0.4 is 5.32 Å². The van der Waals surface area contributed by atoms with Gasteiger partial charge in [-0.1, -0.05) is 60.1 Å². The fraction of sp³-hybridized carbons (Fsp3) is 0.190. The normalized spacial score (nSPS) is 14.6. The Kier molecular flexibility index (Phi) is 4.77. The number of rotatable bonds is 5. The lowest BCUT2D eigenvalue weighted by Crippen LogP contribution is -2.33. The van der Waals surface area contributed by atoms with E-state index in [0.29, 0.717) is 16.5 Å². The van der Waals surface area contributed by atoms with E-state index < -0.39 is 12.1 Å². The van der Waals surface area contributed by atoms with Gasteiger partial charge in [-0.3, -0.25) is 4.79 Å². The van der Waals surface area contributed by atoms with Crippen LogP contribution in [0.15, 0.2) is 60.7 Å². The van der Waals surface area contributed by atoms with Crippen molar-refractivity contribution in [1.82, 2.24) is 10.3 Å². The number of nitrogens with zero attached hydrogens (tertiary/aromatic N) is 1. The highest BCUT2D eigenvalue weighted by atomic mass is 35.5. The Labute approximate surface area is 161 Å². The quantitative estimate of drug-likeness (QED) is 0.535. The first-order valence-corrected chi connectivity index (χ1v) is 9.11. The van der Waals surface area contributed by atoms with Gasteiger partial charge in [0.05, 0.1) is 11.1 Å². The molecule has 1 aliphatic rings. The molecule has 0 saturated heterocycles. The fourth-order valence-electron chi connectivity index (χ4n) is 2.89. The van der Waals surface area contributed by atoms with Gasteiger partial charge in [-0.25, -0.2) is 9.78 Å². The van der Waals surface area contributed by atoms with E-state index in [1.807, 2.05) is 18.2 Å². The number of esters is 1. The standard InChI is InChI=1S/C21H17ClN2O3/c22-18-12-16(15-8-4-5-9-17(15)24-18)21(26)27-19(13-6-2-1-3-7-13)20(25)23-14-10-11-14/h1-9,12,14,19H,10-11H2,(H,23,25)/t19-/m1/s1. The van der Waals surface area contributed by atoms with Crippen LogP contribution in [0.1, 0.15) is 34.9 Å². The first-order chi connectivity index (χ1) is 13.1. The monoisotopic (exact) mass is 380 g/mol. The zero-order valence-corrected chi connectivity index (χ0v) is 15.1. The molecule has 0 spiro atoms. The Hall–Kier alpha value is -2.92. The highest BCUT2D eigenvalue weighted by Gasteiger charge is 2.31. The first-order valence-electron chi connectivity index (χ1n) is 8.73. The smallest absolute Gasteiger partial charge is 0.340 e. The van der Waals surface area contributed by atoms with E-state index in [-0.39, 0.29) is 22.7 Å². The van der Waals surface area contributed by atoms with Crippen LogP contribution in [0.2, 0.25) is 5.15 Å². The van der Waals surface area contributed by atoms with Crippen molar-refractivity contribution in [2.24, 2.45) is 0 Å². The lowest BCUT2D eigenvalue weighted by Gasteiger charge is -2.18. The molecule has 1 N–H and O–H groups in total. The number of halogens is 1. The molecule has 1 aromatic heterocycles. The Morgan fingerprint density at radius 3 is 2.52 bits per heavy atom. The summed E-state index contributed by atoms with van der Waals surface area (Å²) >= 11 is 6.06. The average molecular weight is 381 g/mol. The molecule has 1 fully saturated rings. The molecule has 2 aromatic carbocycles. The second-order valence-electron chi connectivity index (χ2n) is 6.49. The van der Waals surface area contributed by atoms with Gasteiger partial charge >= 0.3 is 5.97 Å². The van der Waals surface area contributed by atoms with Gasteiger partial charge in [0.25, 0.3) is 5.91 Å². The Balaban J connectivity index is 1.67. The number of aromatic nitrogens is 1. The van der Waals surface area contributed by atoms with Gasteiger partial charge in [0.1, 0.15) is 5.15 Å². The van der Waals surface area contributed by atoms with Gasteiger partial charge in [0, 0.05) is 17.0 Å². The predicted octanol–water partition coefficient (Wildman–Crippen LogP) is 4.06. The molecule has 0 radical (unpaired) electrons. The second-order valence-corrected chi connectivity index (χ2v) is 6.88. The zero-order chi connectivity index (χ0) is 18.8. The minimum Gasteiger partial charge on any atom is -0.444 e. The zero-order valence-electron chi connectivity index (χ0n) is 14.4. The second kappa shape index (κ2) is 7.37. The van der Waals surface area contributed by atoms with Crippen molar-refractivity contribution >= 4 is 34.4 Å².